The number of carboxylic acid groups (broad SMARTS) is 1. The summed E-state index contributed by atoms with van der Waals surface area (Å²) >= 11 is 0. The maximum atomic E-state index is 11.7. The molecule has 0 aliphatic carbocycles. The number of nitrogens with one attached hydrogen (secondary N) is 1. The Balaban J connectivity index is 2.42. The Labute approximate surface area is 118 Å². The summed E-state index contributed by atoms with van der Waals surface area (Å²) < 4.78 is 5.40. The average molecular weight is 280 g/mol. The number of rotatable bonds is 8. The van der Waals surface area contributed by atoms with E-state index in [1.807, 2.05) is 0 Å². The van der Waals surface area contributed by atoms with Crippen LogP contribution in [0.5, 0.6) is 5.75 Å². The molecule has 1 heterocycles. The van der Waals surface area contributed by atoms with Crippen LogP contribution in [0.1, 0.15) is 43.6 Å². The Bertz CT molecular complexity index is 445. The standard InChI is InChI=1S/C14H20N2O4/c1-3-4-5-8-15-13(17)10(2)20-11-6-7-12(14(18)19)16-9-11/h6-7,9-10H,3-5,8H2,1-2H3,(H,15,17)(H,18,19). The summed E-state index contributed by atoms with van der Waals surface area (Å²) in [6.45, 7) is 4.37. The van der Waals surface area contributed by atoms with Gasteiger partial charge in [-0.05, 0) is 25.5 Å². The van der Waals surface area contributed by atoms with E-state index in [0.717, 1.165) is 19.3 Å². The summed E-state index contributed by atoms with van der Waals surface area (Å²) in [5.74, 6) is -0.923. The first-order valence-electron chi connectivity index (χ1n) is 6.68. The molecular weight excluding hydrogens is 260 g/mol. The van der Waals surface area contributed by atoms with Crippen molar-refractivity contribution in [1.29, 1.82) is 0 Å². The lowest BCUT2D eigenvalue weighted by Crippen LogP contribution is -2.36. The number of hydrogen-bond donors (Lipinski definition) is 2. The highest BCUT2D eigenvalue weighted by atomic mass is 16.5. The second-order valence-corrected chi connectivity index (χ2v) is 4.44. The molecular formula is C14H20N2O4. The van der Waals surface area contributed by atoms with Crippen LogP contribution in [0.15, 0.2) is 18.3 Å². The molecule has 0 bridgehead atoms. The maximum Gasteiger partial charge on any atom is 0.354 e. The van der Waals surface area contributed by atoms with E-state index in [2.05, 4.69) is 17.2 Å². The van der Waals surface area contributed by atoms with Gasteiger partial charge in [-0.3, -0.25) is 4.79 Å². The highest BCUT2D eigenvalue weighted by Crippen LogP contribution is 2.11. The van der Waals surface area contributed by atoms with Gasteiger partial charge in [-0.2, -0.15) is 0 Å². The van der Waals surface area contributed by atoms with E-state index in [9.17, 15) is 9.59 Å². The molecule has 1 aromatic rings. The van der Waals surface area contributed by atoms with Crippen molar-refractivity contribution in [1.82, 2.24) is 10.3 Å². The van der Waals surface area contributed by atoms with Crippen LogP contribution in [-0.4, -0.2) is 34.6 Å². The molecule has 0 spiro atoms. The van der Waals surface area contributed by atoms with Gasteiger partial charge in [0.25, 0.3) is 5.91 Å². The van der Waals surface area contributed by atoms with E-state index in [-0.39, 0.29) is 11.6 Å². The van der Waals surface area contributed by atoms with Gasteiger partial charge < -0.3 is 15.2 Å². The van der Waals surface area contributed by atoms with Gasteiger partial charge in [-0.1, -0.05) is 19.8 Å². The molecule has 0 aliphatic heterocycles. The van der Waals surface area contributed by atoms with E-state index in [0.29, 0.717) is 12.3 Å². The van der Waals surface area contributed by atoms with Gasteiger partial charge in [0.2, 0.25) is 0 Å². The quantitative estimate of drug-likeness (QED) is 0.709. The van der Waals surface area contributed by atoms with E-state index >= 15 is 0 Å². The molecule has 0 aromatic carbocycles. The highest BCUT2D eigenvalue weighted by Gasteiger charge is 2.14. The smallest absolute Gasteiger partial charge is 0.354 e. The molecule has 0 aliphatic rings. The van der Waals surface area contributed by atoms with Gasteiger partial charge in [0, 0.05) is 6.54 Å². The summed E-state index contributed by atoms with van der Waals surface area (Å²) in [5, 5.41) is 11.5. The largest absolute Gasteiger partial charge is 0.479 e. The molecule has 0 fully saturated rings. The predicted octanol–water partition coefficient (Wildman–Crippen LogP) is 1.85. The Hall–Kier alpha value is -2.11. The number of pyridine rings is 1. The lowest BCUT2D eigenvalue weighted by Gasteiger charge is -2.14. The van der Waals surface area contributed by atoms with Crippen LogP contribution in [0, 0.1) is 0 Å². The SMILES string of the molecule is CCCCCNC(=O)C(C)Oc1ccc(C(=O)O)nc1. The molecule has 1 rings (SSSR count). The minimum atomic E-state index is -1.10. The van der Waals surface area contributed by atoms with Gasteiger partial charge >= 0.3 is 5.97 Å². The molecule has 20 heavy (non-hydrogen) atoms. The zero-order chi connectivity index (χ0) is 15.0. The normalized spacial score (nSPS) is 11.7. The average Bonchev–Trinajstić information content (AvgIpc) is 2.44. The number of amides is 1. The molecule has 2 N–H and O–H groups in total. The van der Waals surface area contributed by atoms with Crippen molar-refractivity contribution < 1.29 is 19.4 Å². The second kappa shape index (κ2) is 8.14. The summed E-state index contributed by atoms with van der Waals surface area (Å²) in [6, 6.07) is 2.82. The molecule has 0 radical (unpaired) electrons. The third-order valence-corrected chi connectivity index (χ3v) is 2.72. The Kier molecular flexibility index (Phi) is 6.49. The van der Waals surface area contributed by atoms with Crippen LogP contribution in [0.4, 0.5) is 0 Å². The third-order valence-electron chi connectivity index (χ3n) is 2.72. The summed E-state index contributed by atoms with van der Waals surface area (Å²) in [4.78, 5) is 26.1. The number of ether oxygens (including phenoxy) is 1. The minimum Gasteiger partial charge on any atom is -0.479 e. The third kappa shape index (κ3) is 5.26. The number of carbonyl (C=O) groups is 2. The fourth-order valence-corrected chi connectivity index (χ4v) is 1.56. The molecule has 110 valence electrons. The van der Waals surface area contributed by atoms with Crippen molar-refractivity contribution in [2.24, 2.45) is 0 Å². The number of nitrogens with zero attached hydrogens (tertiary/aromatic N) is 1. The van der Waals surface area contributed by atoms with Crippen LogP contribution < -0.4 is 10.1 Å². The first-order valence-corrected chi connectivity index (χ1v) is 6.68. The van der Waals surface area contributed by atoms with Crippen LogP contribution >= 0.6 is 0 Å². The minimum absolute atomic E-state index is 0.0611. The summed E-state index contributed by atoms with van der Waals surface area (Å²) in [7, 11) is 0. The van der Waals surface area contributed by atoms with Crippen molar-refractivity contribution in [2.45, 2.75) is 39.2 Å². The molecule has 0 saturated heterocycles. The first kappa shape index (κ1) is 15.9. The van der Waals surface area contributed by atoms with Gasteiger partial charge in [0.15, 0.2) is 6.10 Å². The Morgan fingerprint density at radius 3 is 2.70 bits per heavy atom. The first-order chi connectivity index (χ1) is 9.54. The van der Waals surface area contributed by atoms with Gasteiger partial charge in [0.05, 0.1) is 6.20 Å². The number of aromatic carboxylic acids is 1. The van der Waals surface area contributed by atoms with Crippen LogP contribution in [0.2, 0.25) is 0 Å². The van der Waals surface area contributed by atoms with Gasteiger partial charge in [-0.15, -0.1) is 0 Å². The van der Waals surface area contributed by atoms with Crippen molar-refractivity contribution in [3.05, 3.63) is 24.0 Å². The molecule has 1 unspecified atom stereocenters. The number of hydrogen-bond acceptors (Lipinski definition) is 4. The van der Waals surface area contributed by atoms with Gasteiger partial charge in [-0.25, -0.2) is 9.78 Å². The lowest BCUT2D eigenvalue weighted by molar-refractivity contribution is -0.127. The van der Waals surface area contributed by atoms with Crippen molar-refractivity contribution in [2.75, 3.05) is 6.54 Å². The molecule has 1 aromatic heterocycles. The molecule has 6 nitrogen and oxygen atoms in total. The fourth-order valence-electron chi connectivity index (χ4n) is 1.56. The van der Waals surface area contributed by atoms with Crippen LogP contribution in [-0.2, 0) is 4.79 Å². The lowest BCUT2D eigenvalue weighted by atomic mass is 10.2. The highest BCUT2D eigenvalue weighted by molar-refractivity contribution is 5.85. The Morgan fingerprint density at radius 2 is 2.15 bits per heavy atom. The van der Waals surface area contributed by atoms with Gasteiger partial charge in [0.1, 0.15) is 11.4 Å². The summed E-state index contributed by atoms with van der Waals surface area (Å²) in [6.07, 6.45) is 3.78. The fraction of sp³-hybridized carbons (Fsp3) is 0.500. The molecule has 1 amide bonds. The van der Waals surface area contributed by atoms with E-state index in [4.69, 9.17) is 9.84 Å². The zero-order valence-corrected chi connectivity index (χ0v) is 11.8. The second-order valence-electron chi connectivity index (χ2n) is 4.44. The topological polar surface area (TPSA) is 88.5 Å². The molecule has 6 heteroatoms. The maximum absolute atomic E-state index is 11.7. The number of carboxylic acids is 1. The number of carbonyl (C=O) groups excluding carboxylic acids is 1. The van der Waals surface area contributed by atoms with Crippen molar-refractivity contribution >= 4 is 11.9 Å². The van der Waals surface area contributed by atoms with E-state index in [1.54, 1.807) is 6.92 Å². The van der Waals surface area contributed by atoms with E-state index < -0.39 is 12.1 Å². The summed E-state index contributed by atoms with van der Waals surface area (Å²) in [5.41, 5.74) is -0.0611. The van der Waals surface area contributed by atoms with Crippen molar-refractivity contribution in [3.8, 4) is 5.75 Å². The van der Waals surface area contributed by atoms with E-state index in [1.165, 1.54) is 18.3 Å². The molecule has 0 saturated carbocycles. The zero-order valence-electron chi connectivity index (χ0n) is 11.8. The number of unbranched alkanes of at least 4 members (excludes halogenated alkanes) is 2. The molecule has 1 atom stereocenters. The van der Waals surface area contributed by atoms with Crippen molar-refractivity contribution in [3.63, 3.8) is 0 Å². The van der Waals surface area contributed by atoms with Crippen LogP contribution in [0.3, 0.4) is 0 Å². The van der Waals surface area contributed by atoms with Crippen LogP contribution in [0.25, 0.3) is 0 Å². The Morgan fingerprint density at radius 1 is 1.40 bits per heavy atom. The number of aromatic nitrogens is 1. The predicted molar refractivity (Wildman–Crippen MR) is 73.8 cm³/mol. The monoisotopic (exact) mass is 280 g/mol.